The van der Waals surface area contributed by atoms with Gasteiger partial charge in [-0.2, -0.15) is 5.10 Å². The molecule has 0 aromatic heterocycles. The number of rotatable bonds is 9. The number of carbonyl (C=O) groups is 1. The molecule has 0 aliphatic heterocycles. The number of nitrogens with one attached hydrogen (secondary N) is 1. The van der Waals surface area contributed by atoms with Crippen molar-refractivity contribution in [3.05, 3.63) is 89.0 Å². The first-order chi connectivity index (χ1) is 15.1. The molecule has 6 heteroatoms. The van der Waals surface area contributed by atoms with E-state index in [2.05, 4.69) is 29.6 Å². The minimum Gasteiger partial charge on any atom is -0.494 e. The zero-order valence-electron chi connectivity index (χ0n) is 17.9. The Morgan fingerprint density at radius 2 is 1.71 bits per heavy atom. The van der Waals surface area contributed by atoms with E-state index >= 15 is 0 Å². The van der Waals surface area contributed by atoms with Gasteiger partial charge in [-0.05, 0) is 67.4 Å². The Hall–Kier alpha value is -3.80. The van der Waals surface area contributed by atoms with E-state index in [0.29, 0.717) is 30.3 Å². The quantitative estimate of drug-likeness (QED) is 0.402. The van der Waals surface area contributed by atoms with Crippen molar-refractivity contribution in [2.45, 2.75) is 20.5 Å². The van der Waals surface area contributed by atoms with Crippen molar-refractivity contribution in [3.8, 4) is 17.2 Å². The van der Waals surface area contributed by atoms with Crippen molar-refractivity contribution in [3.63, 3.8) is 0 Å². The number of hydrogen-bond acceptors (Lipinski definition) is 5. The third kappa shape index (κ3) is 6.34. The van der Waals surface area contributed by atoms with Gasteiger partial charge in [0.15, 0.2) is 11.5 Å². The summed E-state index contributed by atoms with van der Waals surface area (Å²) in [6, 6.07) is 20.5. The fraction of sp³-hybridized carbons (Fsp3) is 0.200. The van der Waals surface area contributed by atoms with Crippen LogP contribution in [0.3, 0.4) is 0 Å². The first kappa shape index (κ1) is 21.9. The average Bonchev–Trinajstić information content (AvgIpc) is 2.79. The maximum absolute atomic E-state index is 12.2. The van der Waals surface area contributed by atoms with Crippen LogP contribution in [0.15, 0.2) is 71.8 Å². The number of amides is 1. The zero-order valence-corrected chi connectivity index (χ0v) is 17.9. The van der Waals surface area contributed by atoms with Crippen molar-refractivity contribution in [1.29, 1.82) is 0 Å². The second kappa shape index (κ2) is 10.8. The SMILES string of the molecule is CCOc1ccc(C(=O)N/N=C\c2ccc(OCc3ccc(C)cc3)c(OC)c2)cc1. The number of aryl methyl sites for hydroxylation is 1. The van der Waals surface area contributed by atoms with Crippen LogP contribution < -0.4 is 19.6 Å². The van der Waals surface area contributed by atoms with Gasteiger partial charge in [-0.25, -0.2) is 5.43 Å². The third-order valence-electron chi connectivity index (χ3n) is 4.51. The normalized spacial score (nSPS) is 10.7. The standard InChI is InChI=1S/C25H26N2O4/c1-4-30-22-12-10-21(11-13-22)25(28)27-26-16-20-9-14-23(24(15-20)29-3)31-17-19-7-5-18(2)6-8-19/h5-16H,4,17H2,1-3H3,(H,27,28)/b26-16-. The van der Waals surface area contributed by atoms with Crippen LogP contribution in [-0.4, -0.2) is 25.8 Å². The van der Waals surface area contributed by atoms with Crippen LogP contribution in [-0.2, 0) is 6.61 Å². The predicted octanol–water partition coefficient (Wildman–Crippen LogP) is 4.75. The van der Waals surface area contributed by atoms with Gasteiger partial charge < -0.3 is 14.2 Å². The molecular formula is C25H26N2O4. The van der Waals surface area contributed by atoms with Gasteiger partial charge in [0.1, 0.15) is 12.4 Å². The van der Waals surface area contributed by atoms with E-state index in [1.165, 1.54) is 5.56 Å². The molecule has 0 atom stereocenters. The summed E-state index contributed by atoms with van der Waals surface area (Å²) in [4.78, 5) is 12.2. The molecule has 0 bridgehead atoms. The van der Waals surface area contributed by atoms with Crippen LogP contribution in [0.1, 0.15) is 34.0 Å². The van der Waals surface area contributed by atoms with Crippen molar-refractivity contribution >= 4 is 12.1 Å². The van der Waals surface area contributed by atoms with Crippen LogP contribution in [0, 0.1) is 6.92 Å². The first-order valence-corrected chi connectivity index (χ1v) is 10.0. The number of hydrazone groups is 1. The molecule has 0 radical (unpaired) electrons. The first-order valence-electron chi connectivity index (χ1n) is 10.0. The molecule has 3 rings (SSSR count). The molecule has 3 aromatic rings. The summed E-state index contributed by atoms with van der Waals surface area (Å²) in [6.45, 7) is 4.98. The monoisotopic (exact) mass is 418 g/mol. The van der Waals surface area contributed by atoms with Gasteiger partial charge in [0.2, 0.25) is 0 Å². The highest BCUT2D eigenvalue weighted by Gasteiger charge is 2.07. The molecule has 0 unspecified atom stereocenters. The highest BCUT2D eigenvalue weighted by molar-refractivity contribution is 5.95. The number of nitrogens with zero attached hydrogens (tertiary/aromatic N) is 1. The lowest BCUT2D eigenvalue weighted by Crippen LogP contribution is -2.17. The Morgan fingerprint density at radius 3 is 2.39 bits per heavy atom. The van der Waals surface area contributed by atoms with Crippen LogP contribution in [0.5, 0.6) is 17.2 Å². The smallest absolute Gasteiger partial charge is 0.271 e. The maximum Gasteiger partial charge on any atom is 0.271 e. The Bertz CT molecular complexity index is 1030. The Morgan fingerprint density at radius 1 is 0.968 bits per heavy atom. The third-order valence-corrected chi connectivity index (χ3v) is 4.51. The summed E-state index contributed by atoms with van der Waals surface area (Å²) in [5.74, 6) is 1.65. The van der Waals surface area contributed by atoms with Gasteiger partial charge in [-0.3, -0.25) is 4.79 Å². The van der Waals surface area contributed by atoms with E-state index < -0.39 is 0 Å². The molecule has 160 valence electrons. The van der Waals surface area contributed by atoms with Gasteiger partial charge in [0, 0.05) is 5.56 Å². The topological polar surface area (TPSA) is 69.2 Å². The summed E-state index contributed by atoms with van der Waals surface area (Å²) >= 11 is 0. The molecule has 6 nitrogen and oxygen atoms in total. The molecule has 0 aliphatic rings. The van der Waals surface area contributed by atoms with E-state index in [1.54, 1.807) is 43.7 Å². The largest absolute Gasteiger partial charge is 0.494 e. The fourth-order valence-corrected chi connectivity index (χ4v) is 2.83. The predicted molar refractivity (Wildman–Crippen MR) is 121 cm³/mol. The Balaban J connectivity index is 1.58. The number of benzene rings is 3. The second-order valence-electron chi connectivity index (χ2n) is 6.84. The molecule has 0 saturated carbocycles. The molecule has 31 heavy (non-hydrogen) atoms. The summed E-state index contributed by atoms with van der Waals surface area (Å²) in [5.41, 5.74) is 6.07. The van der Waals surface area contributed by atoms with Gasteiger partial charge in [0.25, 0.3) is 5.91 Å². The van der Waals surface area contributed by atoms with E-state index in [0.717, 1.165) is 16.9 Å². The molecular weight excluding hydrogens is 392 g/mol. The van der Waals surface area contributed by atoms with E-state index in [-0.39, 0.29) is 5.91 Å². The lowest BCUT2D eigenvalue weighted by Gasteiger charge is -2.11. The average molecular weight is 418 g/mol. The van der Waals surface area contributed by atoms with E-state index in [1.807, 2.05) is 31.2 Å². The lowest BCUT2D eigenvalue weighted by molar-refractivity contribution is 0.0955. The zero-order chi connectivity index (χ0) is 22.1. The number of carbonyl (C=O) groups excluding carboxylic acids is 1. The van der Waals surface area contributed by atoms with Crippen LogP contribution in [0.25, 0.3) is 0 Å². The summed E-state index contributed by atoms with van der Waals surface area (Å²) in [6.07, 6.45) is 1.55. The summed E-state index contributed by atoms with van der Waals surface area (Å²) in [5, 5.41) is 4.03. The van der Waals surface area contributed by atoms with Crippen LogP contribution in [0.4, 0.5) is 0 Å². The highest BCUT2D eigenvalue weighted by atomic mass is 16.5. The minimum atomic E-state index is -0.302. The van der Waals surface area contributed by atoms with Gasteiger partial charge in [-0.1, -0.05) is 29.8 Å². The molecule has 0 saturated heterocycles. The van der Waals surface area contributed by atoms with E-state index in [9.17, 15) is 4.79 Å². The number of ether oxygens (including phenoxy) is 3. The maximum atomic E-state index is 12.2. The van der Waals surface area contributed by atoms with Crippen molar-refractivity contribution in [1.82, 2.24) is 5.43 Å². The Labute approximate surface area is 182 Å². The van der Waals surface area contributed by atoms with E-state index in [4.69, 9.17) is 14.2 Å². The molecule has 0 aliphatic carbocycles. The number of methoxy groups -OCH3 is 1. The van der Waals surface area contributed by atoms with Gasteiger partial charge in [-0.15, -0.1) is 0 Å². The molecule has 1 amide bonds. The summed E-state index contributed by atoms with van der Waals surface area (Å²) in [7, 11) is 1.59. The molecule has 0 spiro atoms. The van der Waals surface area contributed by atoms with Gasteiger partial charge in [0.05, 0.1) is 19.9 Å². The van der Waals surface area contributed by atoms with Crippen molar-refractivity contribution in [2.75, 3.05) is 13.7 Å². The number of hydrogen-bond donors (Lipinski definition) is 1. The lowest BCUT2D eigenvalue weighted by atomic mass is 10.2. The van der Waals surface area contributed by atoms with Crippen LogP contribution >= 0.6 is 0 Å². The second-order valence-corrected chi connectivity index (χ2v) is 6.84. The Kier molecular flexibility index (Phi) is 7.65. The molecule has 3 aromatic carbocycles. The van der Waals surface area contributed by atoms with Crippen LogP contribution in [0.2, 0.25) is 0 Å². The highest BCUT2D eigenvalue weighted by Crippen LogP contribution is 2.28. The van der Waals surface area contributed by atoms with Gasteiger partial charge >= 0.3 is 0 Å². The fourth-order valence-electron chi connectivity index (χ4n) is 2.83. The molecule has 0 fully saturated rings. The van der Waals surface area contributed by atoms with Crippen molar-refractivity contribution in [2.24, 2.45) is 5.10 Å². The molecule has 1 N–H and O–H groups in total. The minimum absolute atomic E-state index is 0.302. The summed E-state index contributed by atoms with van der Waals surface area (Å²) < 4.78 is 16.7. The van der Waals surface area contributed by atoms with Crippen molar-refractivity contribution < 1.29 is 19.0 Å². The molecule has 0 heterocycles.